The molecule has 6 nitrogen and oxygen atoms in total. The molecule has 0 radical (unpaired) electrons. The summed E-state index contributed by atoms with van der Waals surface area (Å²) in [7, 11) is 1.55. The molecule has 1 aromatic carbocycles. The van der Waals surface area contributed by atoms with Gasteiger partial charge >= 0.3 is 0 Å². The van der Waals surface area contributed by atoms with Crippen molar-refractivity contribution in [1.82, 2.24) is 10.5 Å². The highest BCUT2D eigenvalue weighted by atomic mass is 16.5. The fourth-order valence-electron chi connectivity index (χ4n) is 2.04. The van der Waals surface area contributed by atoms with Gasteiger partial charge in [0.15, 0.2) is 0 Å². The Morgan fingerprint density at radius 2 is 2.14 bits per heavy atom. The van der Waals surface area contributed by atoms with Crippen LogP contribution in [0.2, 0.25) is 0 Å². The number of ether oxygens (including phenoxy) is 1. The summed E-state index contributed by atoms with van der Waals surface area (Å²) in [5.41, 5.74) is 3.41. The minimum Gasteiger partial charge on any atom is -0.481 e. The molecule has 0 aliphatic rings. The van der Waals surface area contributed by atoms with Crippen molar-refractivity contribution in [3.8, 4) is 17.2 Å². The molecule has 0 aliphatic heterocycles. The third-order valence-electron chi connectivity index (χ3n) is 3.11. The van der Waals surface area contributed by atoms with Crippen LogP contribution in [-0.4, -0.2) is 23.2 Å². The van der Waals surface area contributed by atoms with Gasteiger partial charge in [-0.05, 0) is 30.3 Å². The summed E-state index contributed by atoms with van der Waals surface area (Å²) in [6.07, 6.45) is 1.65. The van der Waals surface area contributed by atoms with E-state index in [2.05, 4.69) is 4.98 Å². The Hall–Kier alpha value is -2.86. The molecule has 2 heterocycles. The second-order valence-corrected chi connectivity index (χ2v) is 4.39. The van der Waals surface area contributed by atoms with E-state index in [9.17, 15) is 4.79 Å². The van der Waals surface area contributed by atoms with E-state index >= 15 is 0 Å². The van der Waals surface area contributed by atoms with Gasteiger partial charge in [-0.25, -0.2) is 10.5 Å². The van der Waals surface area contributed by atoms with Gasteiger partial charge in [0.05, 0.1) is 7.11 Å². The zero-order chi connectivity index (χ0) is 14.8. The molecule has 3 aromatic rings. The van der Waals surface area contributed by atoms with E-state index in [1.165, 1.54) is 0 Å². The van der Waals surface area contributed by atoms with Crippen LogP contribution in [-0.2, 0) is 0 Å². The Bertz CT molecular complexity index is 793. The number of hydrogen-bond donors (Lipinski definition) is 2. The van der Waals surface area contributed by atoms with Gasteiger partial charge in [-0.3, -0.25) is 10.0 Å². The van der Waals surface area contributed by atoms with Crippen LogP contribution in [0.15, 0.2) is 47.0 Å². The van der Waals surface area contributed by atoms with Gasteiger partial charge in [-0.1, -0.05) is 0 Å². The van der Waals surface area contributed by atoms with Crippen LogP contribution in [0.3, 0.4) is 0 Å². The van der Waals surface area contributed by atoms with Crippen LogP contribution in [0.25, 0.3) is 22.3 Å². The minimum atomic E-state index is -0.564. The molecular weight excluding hydrogens is 272 g/mol. The summed E-state index contributed by atoms with van der Waals surface area (Å²) >= 11 is 0. The zero-order valence-electron chi connectivity index (χ0n) is 11.2. The third kappa shape index (κ3) is 2.44. The number of carbonyl (C=O) groups excluding carboxylic acids is 1. The molecule has 1 amide bonds. The van der Waals surface area contributed by atoms with Gasteiger partial charge < -0.3 is 9.15 Å². The molecule has 0 saturated heterocycles. The molecule has 0 bridgehead atoms. The van der Waals surface area contributed by atoms with Crippen molar-refractivity contribution in [2.75, 3.05) is 7.11 Å². The molecule has 2 aromatic heterocycles. The number of hydroxylamine groups is 1. The maximum atomic E-state index is 11.4. The predicted octanol–water partition coefficient (Wildman–Crippen LogP) is 2.62. The molecule has 3 rings (SSSR count). The van der Waals surface area contributed by atoms with Gasteiger partial charge in [0, 0.05) is 28.8 Å². The first-order chi connectivity index (χ1) is 10.2. The minimum absolute atomic E-state index is 0.352. The van der Waals surface area contributed by atoms with Gasteiger partial charge in [-0.2, -0.15) is 0 Å². The number of hydrogen-bond acceptors (Lipinski definition) is 5. The number of fused-ring (bicyclic) bond motifs is 1. The number of methoxy groups -OCH3 is 1. The van der Waals surface area contributed by atoms with Crippen molar-refractivity contribution in [2.24, 2.45) is 0 Å². The molecule has 0 unspecified atom stereocenters. The maximum absolute atomic E-state index is 11.4. The summed E-state index contributed by atoms with van der Waals surface area (Å²) in [5.74, 6) is 0.601. The normalized spacial score (nSPS) is 10.6. The topological polar surface area (TPSA) is 84.6 Å². The number of benzene rings is 1. The van der Waals surface area contributed by atoms with E-state index in [1.807, 2.05) is 12.1 Å². The summed E-state index contributed by atoms with van der Waals surface area (Å²) in [6, 6.07) is 10.3. The molecule has 2 N–H and O–H groups in total. The van der Waals surface area contributed by atoms with E-state index in [1.54, 1.807) is 43.1 Å². The highest BCUT2D eigenvalue weighted by Gasteiger charge is 2.10. The Kier molecular flexibility index (Phi) is 3.29. The summed E-state index contributed by atoms with van der Waals surface area (Å²) in [5, 5.41) is 9.42. The maximum Gasteiger partial charge on any atom is 0.274 e. The fourth-order valence-corrected chi connectivity index (χ4v) is 2.04. The number of amides is 1. The highest BCUT2D eigenvalue weighted by Crippen LogP contribution is 2.28. The SMILES string of the molecule is COc1ccc(-c2cc3cc(C(=O)NO)ccc3o2)cn1. The van der Waals surface area contributed by atoms with Crippen molar-refractivity contribution >= 4 is 16.9 Å². The second kappa shape index (κ2) is 5.26. The number of carbonyl (C=O) groups is 1. The van der Waals surface area contributed by atoms with E-state index in [0.717, 1.165) is 10.9 Å². The molecule has 106 valence electrons. The first kappa shape index (κ1) is 13.1. The first-order valence-corrected chi connectivity index (χ1v) is 6.19. The van der Waals surface area contributed by atoms with Crippen molar-refractivity contribution < 1.29 is 19.2 Å². The highest BCUT2D eigenvalue weighted by molar-refractivity contribution is 5.97. The summed E-state index contributed by atoms with van der Waals surface area (Å²) < 4.78 is 10.7. The third-order valence-corrected chi connectivity index (χ3v) is 3.11. The molecule has 0 saturated carbocycles. The first-order valence-electron chi connectivity index (χ1n) is 6.19. The standard InChI is InChI=1S/C15H12N2O4/c1-20-14-5-3-10(8-16-14)13-7-11-6-9(15(18)17-19)2-4-12(11)21-13/h2-8,19H,1H3,(H,17,18). The lowest BCUT2D eigenvalue weighted by Gasteiger charge is -1.99. The van der Waals surface area contributed by atoms with Gasteiger partial charge in [0.2, 0.25) is 5.88 Å². The molecule has 21 heavy (non-hydrogen) atoms. The lowest BCUT2D eigenvalue weighted by Crippen LogP contribution is -2.18. The van der Waals surface area contributed by atoms with Crippen LogP contribution in [0, 0.1) is 0 Å². The number of nitrogens with one attached hydrogen (secondary N) is 1. The number of rotatable bonds is 3. The molecule has 0 aliphatic carbocycles. The Labute approximate surface area is 119 Å². The Morgan fingerprint density at radius 3 is 2.81 bits per heavy atom. The van der Waals surface area contributed by atoms with Crippen LogP contribution in [0.1, 0.15) is 10.4 Å². The largest absolute Gasteiger partial charge is 0.481 e. The van der Waals surface area contributed by atoms with Crippen LogP contribution in [0.4, 0.5) is 0 Å². The number of furan rings is 1. The Balaban J connectivity index is 2.01. The number of nitrogens with zero attached hydrogens (tertiary/aromatic N) is 1. The van der Waals surface area contributed by atoms with Crippen molar-refractivity contribution in [2.45, 2.75) is 0 Å². The monoisotopic (exact) mass is 284 g/mol. The van der Waals surface area contributed by atoms with Crippen LogP contribution < -0.4 is 10.2 Å². The lowest BCUT2D eigenvalue weighted by molar-refractivity contribution is 0.0706. The van der Waals surface area contributed by atoms with E-state index in [0.29, 0.717) is 22.8 Å². The summed E-state index contributed by atoms with van der Waals surface area (Å²) in [6.45, 7) is 0. The van der Waals surface area contributed by atoms with E-state index < -0.39 is 5.91 Å². The van der Waals surface area contributed by atoms with E-state index in [-0.39, 0.29) is 0 Å². The average molecular weight is 284 g/mol. The van der Waals surface area contributed by atoms with Crippen molar-refractivity contribution in [3.63, 3.8) is 0 Å². The number of pyridine rings is 1. The van der Waals surface area contributed by atoms with Crippen LogP contribution >= 0.6 is 0 Å². The van der Waals surface area contributed by atoms with Crippen molar-refractivity contribution in [3.05, 3.63) is 48.2 Å². The molecule has 6 heteroatoms. The van der Waals surface area contributed by atoms with Gasteiger partial charge in [0.25, 0.3) is 5.91 Å². The fraction of sp³-hybridized carbons (Fsp3) is 0.0667. The van der Waals surface area contributed by atoms with E-state index in [4.69, 9.17) is 14.4 Å². The van der Waals surface area contributed by atoms with Gasteiger partial charge in [-0.15, -0.1) is 0 Å². The molecule has 0 atom stereocenters. The molecule has 0 spiro atoms. The number of aromatic nitrogens is 1. The second-order valence-electron chi connectivity index (χ2n) is 4.39. The van der Waals surface area contributed by atoms with Crippen LogP contribution in [0.5, 0.6) is 5.88 Å². The predicted molar refractivity (Wildman–Crippen MR) is 75.2 cm³/mol. The lowest BCUT2D eigenvalue weighted by atomic mass is 10.1. The zero-order valence-corrected chi connectivity index (χ0v) is 11.2. The molecule has 0 fully saturated rings. The molecular formula is C15H12N2O4. The van der Waals surface area contributed by atoms with Gasteiger partial charge in [0.1, 0.15) is 11.3 Å². The Morgan fingerprint density at radius 1 is 1.29 bits per heavy atom. The smallest absolute Gasteiger partial charge is 0.274 e. The average Bonchev–Trinajstić information content (AvgIpc) is 2.97. The summed E-state index contributed by atoms with van der Waals surface area (Å²) in [4.78, 5) is 15.5. The quantitative estimate of drug-likeness (QED) is 0.570. The van der Waals surface area contributed by atoms with Crippen molar-refractivity contribution in [1.29, 1.82) is 0 Å².